The predicted molar refractivity (Wildman–Crippen MR) is 107 cm³/mol. The van der Waals surface area contributed by atoms with Crippen molar-refractivity contribution in [3.05, 3.63) is 71.8 Å². The van der Waals surface area contributed by atoms with Crippen LogP contribution in [0.25, 0.3) is 11.3 Å². The average Bonchev–Trinajstić information content (AvgIpc) is 2.73. The van der Waals surface area contributed by atoms with Gasteiger partial charge < -0.3 is 14.8 Å². The summed E-state index contributed by atoms with van der Waals surface area (Å²) < 4.78 is 11.1. The second-order valence-electron chi connectivity index (χ2n) is 6.38. The molecule has 0 fully saturated rings. The summed E-state index contributed by atoms with van der Waals surface area (Å²) in [6.45, 7) is 4.56. The number of aromatic nitrogens is 2. The van der Waals surface area contributed by atoms with Gasteiger partial charge in [0, 0.05) is 11.6 Å². The van der Waals surface area contributed by atoms with Crippen molar-refractivity contribution in [2.45, 2.75) is 13.8 Å². The van der Waals surface area contributed by atoms with Crippen LogP contribution >= 0.6 is 0 Å². The standard InChI is InChI=1S/C22H23N3O3/c1-16-8-9-17(2)20(14-16)28-15-21(26)23-12-13-27-22-11-10-19(24-25-22)18-6-4-3-5-7-18/h3-11,14H,12-13,15H2,1-2H3,(H,23,26). The van der Waals surface area contributed by atoms with Crippen molar-refractivity contribution in [2.24, 2.45) is 0 Å². The van der Waals surface area contributed by atoms with Crippen molar-refractivity contribution in [3.63, 3.8) is 0 Å². The molecule has 0 saturated heterocycles. The van der Waals surface area contributed by atoms with E-state index in [1.54, 1.807) is 6.07 Å². The summed E-state index contributed by atoms with van der Waals surface area (Å²) in [7, 11) is 0. The van der Waals surface area contributed by atoms with Crippen LogP contribution in [0.3, 0.4) is 0 Å². The summed E-state index contributed by atoms with van der Waals surface area (Å²) >= 11 is 0. The lowest BCUT2D eigenvalue weighted by Gasteiger charge is -2.10. The van der Waals surface area contributed by atoms with Crippen molar-refractivity contribution >= 4 is 5.91 Å². The summed E-state index contributed by atoms with van der Waals surface area (Å²) in [6, 6.07) is 19.3. The number of carbonyl (C=O) groups excluding carboxylic acids is 1. The van der Waals surface area contributed by atoms with Crippen molar-refractivity contribution < 1.29 is 14.3 Å². The highest BCUT2D eigenvalue weighted by atomic mass is 16.5. The van der Waals surface area contributed by atoms with Gasteiger partial charge in [0.15, 0.2) is 6.61 Å². The number of amides is 1. The second-order valence-corrected chi connectivity index (χ2v) is 6.38. The lowest BCUT2D eigenvalue weighted by Crippen LogP contribution is -2.32. The molecule has 3 aromatic rings. The van der Waals surface area contributed by atoms with Crippen LogP contribution in [0.4, 0.5) is 0 Å². The minimum absolute atomic E-state index is 0.0319. The Kier molecular flexibility index (Phi) is 6.57. The summed E-state index contributed by atoms with van der Waals surface area (Å²) in [5, 5.41) is 11.0. The molecule has 1 aromatic heterocycles. The third kappa shape index (κ3) is 5.54. The molecule has 0 radical (unpaired) electrons. The highest BCUT2D eigenvalue weighted by Gasteiger charge is 2.06. The van der Waals surface area contributed by atoms with Gasteiger partial charge in [-0.15, -0.1) is 10.2 Å². The molecule has 1 heterocycles. The Labute approximate surface area is 164 Å². The topological polar surface area (TPSA) is 73.3 Å². The van der Waals surface area contributed by atoms with Gasteiger partial charge in [-0.2, -0.15) is 0 Å². The zero-order chi connectivity index (χ0) is 19.8. The number of rotatable bonds is 8. The molecule has 0 aliphatic carbocycles. The Morgan fingerprint density at radius 1 is 0.964 bits per heavy atom. The number of aryl methyl sites for hydroxylation is 2. The van der Waals surface area contributed by atoms with Gasteiger partial charge in [0.05, 0.1) is 12.2 Å². The van der Waals surface area contributed by atoms with Gasteiger partial charge in [-0.25, -0.2) is 0 Å². The lowest BCUT2D eigenvalue weighted by molar-refractivity contribution is -0.123. The quantitative estimate of drug-likeness (QED) is 0.610. The van der Waals surface area contributed by atoms with Gasteiger partial charge in [-0.1, -0.05) is 42.5 Å². The van der Waals surface area contributed by atoms with Crippen LogP contribution in [0, 0.1) is 13.8 Å². The molecule has 0 unspecified atom stereocenters. The minimum Gasteiger partial charge on any atom is -0.483 e. The van der Waals surface area contributed by atoms with E-state index in [2.05, 4.69) is 15.5 Å². The van der Waals surface area contributed by atoms with E-state index < -0.39 is 0 Å². The fourth-order valence-electron chi connectivity index (χ4n) is 2.56. The number of benzene rings is 2. The van der Waals surface area contributed by atoms with E-state index in [4.69, 9.17) is 9.47 Å². The fraction of sp³-hybridized carbons (Fsp3) is 0.227. The van der Waals surface area contributed by atoms with Crippen LogP contribution < -0.4 is 14.8 Å². The SMILES string of the molecule is Cc1ccc(C)c(OCC(=O)NCCOc2ccc(-c3ccccc3)nn2)c1. The molecule has 0 atom stereocenters. The number of ether oxygens (including phenoxy) is 2. The van der Waals surface area contributed by atoms with E-state index in [1.165, 1.54) is 0 Å². The van der Waals surface area contributed by atoms with E-state index in [9.17, 15) is 4.79 Å². The fourth-order valence-corrected chi connectivity index (χ4v) is 2.56. The third-order valence-corrected chi connectivity index (χ3v) is 4.09. The van der Waals surface area contributed by atoms with Gasteiger partial charge in [0.25, 0.3) is 5.91 Å². The molecule has 144 valence electrons. The first-order chi connectivity index (χ1) is 13.6. The summed E-state index contributed by atoms with van der Waals surface area (Å²) in [6.07, 6.45) is 0. The molecule has 0 saturated carbocycles. The minimum atomic E-state index is -0.199. The van der Waals surface area contributed by atoms with Gasteiger partial charge in [-0.3, -0.25) is 4.79 Å². The number of hydrogen-bond donors (Lipinski definition) is 1. The van der Waals surface area contributed by atoms with Crippen LogP contribution in [0.15, 0.2) is 60.7 Å². The van der Waals surface area contributed by atoms with Gasteiger partial charge in [0.2, 0.25) is 5.88 Å². The highest BCUT2D eigenvalue weighted by Crippen LogP contribution is 2.19. The summed E-state index contributed by atoms with van der Waals surface area (Å²) in [4.78, 5) is 11.9. The zero-order valence-corrected chi connectivity index (χ0v) is 16.0. The molecule has 0 spiro atoms. The Morgan fingerprint density at radius 3 is 2.54 bits per heavy atom. The molecule has 28 heavy (non-hydrogen) atoms. The van der Waals surface area contributed by atoms with E-state index in [-0.39, 0.29) is 12.5 Å². The van der Waals surface area contributed by atoms with E-state index >= 15 is 0 Å². The Bertz CT molecular complexity index is 912. The normalized spacial score (nSPS) is 10.4. The molecule has 1 amide bonds. The van der Waals surface area contributed by atoms with Gasteiger partial charge in [0.1, 0.15) is 12.4 Å². The Hall–Kier alpha value is -3.41. The Balaban J connectivity index is 1.38. The van der Waals surface area contributed by atoms with Crippen LogP contribution in [-0.2, 0) is 4.79 Å². The molecular formula is C22H23N3O3. The highest BCUT2D eigenvalue weighted by molar-refractivity contribution is 5.77. The maximum absolute atomic E-state index is 11.9. The van der Waals surface area contributed by atoms with Crippen LogP contribution in [-0.4, -0.2) is 35.9 Å². The second kappa shape index (κ2) is 9.50. The first-order valence-electron chi connectivity index (χ1n) is 9.10. The molecule has 6 heteroatoms. The monoisotopic (exact) mass is 377 g/mol. The van der Waals surface area contributed by atoms with Crippen molar-refractivity contribution in [3.8, 4) is 22.9 Å². The lowest BCUT2D eigenvalue weighted by atomic mass is 10.1. The largest absolute Gasteiger partial charge is 0.483 e. The molecule has 0 aliphatic heterocycles. The first kappa shape index (κ1) is 19.4. The maximum Gasteiger partial charge on any atom is 0.258 e. The molecular weight excluding hydrogens is 354 g/mol. The van der Waals surface area contributed by atoms with E-state index in [0.29, 0.717) is 19.0 Å². The van der Waals surface area contributed by atoms with Crippen molar-refractivity contribution in [1.82, 2.24) is 15.5 Å². The van der Waals surface area contributed by atoms with Crippen LogP contribution in [0.5, 0.6) is 11.6 Å². The smallest absolute Gasteiger partial charge is 0.258 e. The molecule has 1 N–H and O–H groups in total. The first-order valence-corrected chi connectivity index (χ1v) is 9.10. The van der Waals surface area contributed by atoms with Crippen LogP contribution in [0.1, 0.15) is 11.1 Å². The van der Waals surface area contributed by atoms with E-state index in [0.717, 1.165) is 28.1 Å². The number of hydrogen-bond acceptors (Lipinski definition) is 5. The maximum atomic E-state index is 11.9. The molecule has 6 nitrogen and oxygen atoms in total. The van der Waals surface area contributed by atoms with Gasteiger partial charge in [-0.05, 0) is 37.1 Å². The van der Waals surface area contributed by atoms with Crippen molar-refractivity contribution in [2.75, 3.05) is 19.8 Å². The number of nitrogens with zero attached hydrogens (tertiary/aromatic N) is 2. The zero-order valence-electron chi connectivity index (χ0n) is 16.0. The van der Waals surface area contributed by atoms with E-state index in [1.807, 2.05) is 68.4 Å². The number of nitrogens with one attached hydrogen (secondary N) is 1. The van der Waals surface area contributed by atoms with Crippen LogP contribution in [0.2, 0.25) is 0 Å². The molecule has 0 bridgehead atoms. The molecule has 3 rings (SSSR count). The number of carbonyl (C=O) groups is 1. The third-order valence-electron chi connectivity index (χ3n) is 4.09. The summed E-state index contributed by atoms with van der Waals surface area (Å²) in [5.41, 5.74) is 3.87. The molecule has 0 aliphatic rings. The van der Waals surface area contributed by atoms with Gasteiger partial charge >= 0.3 is 0 Å². The van der Waals surface area contributed by atoms with Crippen molar-refractivity contribution in [1.29, 1.82) is 0 Å². The Morgan fingerprint density at radius 2 is 1.79 bits per heavy atom. The molecule has 2 aromatic carbocycles. The predicted octanol–water partition coefficient (Wildman–Crippen LogP) is 3.33. The summed E-state index contributed by atoms with van der Waals surface area (Å²) in [5.74, 6) is 0.941. The average molecular weight is 377 g/mol.